The molecule has 0 bridgehead atoms. The summed E-state index contributed by atoms with van der Waals surface area (Å²) in [5, 5.41) is 5.91. The molecule has 2 aromatic heterocycles. The van der Waals surface area contributed by atoms with Gasteiger partial charge in [0.2, 0.25) is 0 Å². The Morgan fingerprint density at radius 3 is 2.60 bits per heavy atom. The second-order valence-electron chi connectivity index (χ2n) is 6.31. The number of ether oxygens (including phenoxy) is 1. The molecule has 1 N–H and O–H groups in total. The van der Waals surface area contributed by atoms with Gasteiger partial charge >= 0.3 is 5.97 Å². The quantitative estimate of drug-likeness (QED) is 0.540. The van der Waals surface area contributed by atoms with Crippen molar-refractivity contribution in [1.29, 1.82) is 0 Å². The molecule has 5 heteroatoms. The number of carbonyl (C=O) groups excluding carboxylic acids is 1. The lowest BCUT2D eigenvalue weighted by atomic mass is 9.97. The van der Waals surface area contributed by atoms with Crippen molar-refractivity contribution in [2.75, 3.05) is 7.11 Å². The number of esters is 1. The van der Waals surface area contributed by atoms with Gasteiger partial charge in [-0.25, -0.2) is 4.79 Å². The summed E-state index contributed by atoms with van der Waals surface area (Å²) in [6.45, 7) is 5.79. The molecule has 4 rings (SSSR count). The fourth-order valence-corrected chi connectivity index (χ4v) is 3.46. The number of rotatable bonds is 2. The van der Waals surface area contributed by atoms with E-state index in [2.05, 4.69) is 16.2 Å². The van der Waals surface area contributed by atoms with Gasteiger partial charge in [-0.05, 0) is 50.6 Å². The van der Waals surface area contributed by atoms with Crippen molar-refractivity contribution in [3.05, 3.63) is 52.9 Å². The smallest absolute Gasteiger partial charge is 0.338 e. The summed E-state index contributed by atoms with van der Waals surface area (Å²) in [6, 6.07) is 10.0. The summed E-state index contributed by atoms with van der Waals surface area (Å²) in [4.78, 5) is 15.9. The van der Waals surface area contributed by atoms with Crippen LogP contribution >= 0.6 is 0 Å². The van der Waals surface area contributed by atoms with Gasteiger partial charge in [0, 0.05) is 27.4 Å². The second kappa shape index (κ2) is 5.48. The van der Waals surface area contributed by atoms with E-state index in [1.54, 1.807) is 0 Å². The van der Waals surface area contributed by atoms with Crippen molar-refractivity contribution >= 4 is 27.8 Å². The number of aromatic amines is 1. The average molecular weight is 334 g/mol. The van der Waals surface area contributed by atoms with Crippen LogP contribution in [0.1, 0.15) is 27.4 Å². The van der Waals surface area contributed by atoms with Crippen LogP contribution in [-0.2, 0) is 4.74 Å². The number of hydrogen-bond donors (Lipinski definition) is 1. The van der Waals surface area contributed by atoms with E-state index < -0.39 is 0 Å². The lowest BCUT2D eigenvalue weighted by Gasteiger charge is -2.07. The summed E-state index contributed by atoms with van der Waals surface area (Å²) < 4.78 is 10.3. The van der Waals surface area contributed by atoms with Crippen molar-refractivity contribution in [2.45, 2.75) is 20.8 Å². The van der Waals surface area contributed by atoms with E-state index in [-0.39, 0.29) is 5.97 Å². The molecule has 126 valence electrons. The zero-order valence-corrected chi connectivity index (χ0v) is 14.6. The predicted molar refractivity (Wildman–Crippen MR) is 96.9 cm³/mol. The summed E-state index contributed by atoms with van der Waals surface area (Å²) in [7, 11) is 1.40. The molecule has 0 radical (unpaired) electrons. The van der Waals surface area contributed by atoms with Gasteiger partial charge < -0.3 is 14.2 Å². The molecule has 2 aromatic carbocycles. The molecule has 4 aromatic rings. The van der Waals surface area contributed by atoms with Gasteiger partial charge in [-0.15, -0.1) is 0 Å². The molecule has 2 heterocycles. The van der Waals surface area contributed by atoms with Crippen molar-refractivity contribution in [3.8, 4) is 11.1 Å². The number of aryl methyl sites for hydroxylation is 3. The second-order valence-corrected chi connectivity index (χ2v) is 6.31. The van der Waals surface area contributed by atoms with Crippen LogP contribution in [0, 0.1) is 20.8 Å². The predicted octanol–water partition coefficient (Wildman–Crippen LogP) is 4.69. The Balaban J connectivity index is 2.12. The van der Waals surface area contributed by atoms with E-state index >= 15 is 0 Å². The molecule has 0 aliphatic rings. The number of hydrogen-bond acceptors (Lipinski definition) is 4. The van der Waals surface area contributed by atoms with Crippen LogP contribution in [-0.4, -0.2) is 23.2 Å². The minimum Gasteiger partial charge on any atom is -0.465 e. The molecule has 25 heavy (non-hydrogen) atoms. The molecule has 5 nitrogen and oxygen atoms in total. The summed E-state index contributed by atoms with van der Waals surface area (Å²) in [5.74, 6) is 0.362. The first kappa shape index (κ1) is 15.4. The molecular formula is C20H18N2O3. The molecule has 0 spiro atoms. The first-order chi connectivity index (χ1) is 12.0. The van der Waals surface area contributed by atoms with Crippen LogP contribution in [0.2, 0.25) is 0 Å². The molecule has 0 aliphatic carbocycles. The van der Waals surface area contributed by atoms with Crippen LogP contribution in [0.25, 0.3) is 32.9 Å². The maximum absolute atomic E-state index is 12.5. The minimum absolute atomic E-state index is 0.360. The van der Waals surface area contributed by atoms with Gasteiger partial charge in [-0.2, -0.15) is 0 Å². The van der Waals surface area contributed by atoms with E-state index in [0.717, 1.165) is 50.0 Å². The van der Waals surface area contributed by atoms with Crippen molar-refractivity contribution in [1.82, 2.24) is 10.1 Å². The van der Waals surface area contributed by atoms with Crippen molar-refractivity contribution in [3.63, 3.8) is 0 Å². The molecule has 0 fully saturated rings. The molecular weight excluding hydrogens is 316 g/mol. The Kier molecular flexibility index (Phi) is 3.39. The van der Waals surface area contributed by atoms with Crippen LogP contribution in [0.15, 0.2) is 34.9 Å². The average Bonchev–Trinajstić information content (AvgIpc) is 3.12. The number of aromatic nitrogens is 2. The van der Waals surface area contributed by atoms with E-state index in [0.29, 0.717) is 5.56 Å². The molecule has 0 aliphatic heterocycles. The monoisotopic (exact) mass is 334 g/mol. The number of nitrogens with zero attached hydrogens (tertiary/aromatic N) is 1. The SMILES string of the molecule is COC(=O)c1cc(-c2c(C)noc2C)cc2[nH]c3ccc(C)cc3c12. The lowest BCUT2D eigenvalue weighted by Crippen LogP contribution is -2.02. The Morgan fingerprint density at radius 1 is 1.12 bits per heavy atom. The van der Waals surface area contributed by atoms with E-state index in [4.69, 9.17) is 9.26 Å². The fourth-order valence-electron chi connectivity index (χ4n) is 3.46. The number of nitrogens with one attached hydrogen (secondary N) is 1. The van der Waals surface area contributed by atoms with Gasteiger partial charge in [-0.1, -0.05) is 16.8 Å². The number of H-pyrrole nitrogens is 1. The summed E-state index contributed by atoms with van der Waals surface area (Å²) >= 11 is 0. The number of fused-ring (bicyclic) bond motifs is 3. The third-order valence-corrected chi connectivity index (χ3v) is 4.58. The van der Waals surface area contributed by atoms with Gasteiger partial charge in [0.25, 0.3) is 0 Å². The number of methoxy groups -OCH3 is 1. The molecule has 0 saturated carbocycles. The topological polar surface area (TPSA) is 68.1 Å². The molecule has 0 amide bonds. The number of benzene rings is 2. The Bertz CT molecular complexity index is 1120. The van der Waals surface area contributed by atoms with Crippen molar-refractivity contribution < 1.29 is 14.1 Å². The molecule has 0 saturated heterocycles. The highest BCUT2D eigenvalue weighted by molar-refractivity contribution is 6.17. The molecule has 0 unspecified atom stereocenters. The maximum Gasteiger partial charge on any atom is 0.338 e. The normalized spacial score (nSPS) is 11.4. The Hall–Kier alpha value is -3.08. The molecule has 0 atom stereocenters. The van der Waals surface area contributed by atoms with E-state index in [1.807, 2.05) is 45.0 Å². The van der Waals surface area contributed by atoms with Gasteiger partial charge in [0.1, 0.15) is 5.76 Å². The summed E-state index contributed by atoms with van der Waals surface area (Å²) in [6.07, 6.45) is 0. The van der Waals surface area contributed by atoms with Crippen LogP contribution in [0.5, 0.6) is 0 Å². The fraction of sp³-hybridized carbons (Fsp3) is 0.200. The minimum atomic E-state index is -0.360. The highest BCUT2D eigenvalue weighted by atomic mass is 16.5. The van der Waals surface area contributed by atoms with Gasteiger partial charge in [0.05, 0.1) is 18.4 Å². The van der Waals surface area contributed by atoms with E-state index in [9.17, 15) is 4.79 Å². The van der Waals surface area contributed by atoms with Gasteiger partial charge in [-0.3, -0.25) is 0 Å². The van der Waals surface area contributed by atoms with Gasteiger partial charge in [0.15, 0.2) is 0 Å². The third kappa shape index (κ3) is 2.31. The van der Waals surface area contributed by atoms with Crippen LogP contribution in [0.4, 0.5) is 0 Å². The Morgan fingerprint density at radius 2 is 1.92 bits per heavy atom. The third-order valence-electron chi connectivity index (χ3n) is 4.58. The maximum atomic E-state index is 12.5. The summed E-state index contributed by atoms with van der Waals surface area (Å²) in [5.41, 5.74) is 6.12. The number of carbonyl (C=O) groups is 1. The van der Waals surface area contributed by atoms with E-state index in [1.165, 1.54) is 7.11 Å². The zero-order chi connectivity index (χ0) is 17.7. The first-order valence-electron chi connectivity index (χ1n) is 8.07. The first-order valence-corrected chi connectivity index (χ1v) is 8.07. The zero-order valence-electron chi connectivity index (χ0n) is 14.6. The Labute approximate surface area is 144 Å². The van der Waals surface area contributed by atoms with Crippen molar-refractivity contribution in [2.24, 2.45) is 0 Å². The lowest BCUT2D eigenvalue weighted by molar-refractivity contribution is 0.0603. The standard InChI is InChI=1S/C20H18N2O3/c1-10-5-6-16-14(7-10)19-15(20(23)24-4)8-13(9-17(19)21-16)18-11(2)22-25-12(18)3/h5-9,21H,1-4H3. The highest BCUT2D eigenvalue weighted by Crippen LogP contribution is 2.35. The highest BCUT2D eigenvalue weighted by Gasteiger charge is 2.20. The largest absolute Gasteiger partial charge is 0.465 e. The van der Waals surface area contributed by atoms with Crippen LogP contribution < -0.4 is 0 Å². The van der Waals surface area contributed by atoms with Crippen LogP contribution in [0.3, 0.4) is 0 Å².